The third-order valence-electron chi connectivity index (χ3n) is 5.57. The van der Waals surface area contributed by atoms with E-state index < -0.39 is 11.7 Å². The number of allylic oxidation sites excluding steroid dienone is 1. The average molecular weight is 437 g/mol. The lowest BCUT2D eigenvalue weighted by Gasteiger charge is -2.22. The Morgan fingerprint density at radius 2 is 1.38 bits per heavy atom. The molecule has 1 unspecified atom stereocenters. The van der Waals surface area contributed by atoms with E-state index in [1.807, 2.05) is 76.2 Å². The molecule has 0 bridgehead atoms. The molecule has 5 heteroatoms. The molecular weight excluding hydrogens is 404 g/mol. The summed E-state index contributed by atoms with van der Waals surface area (Å²) in [4.78, 5) is 13.0. The molecule has 2 aromatic carbocycles. The molecule has 2 aromatic rings. The van der Waals surface area contributed by atoms with Crippen LogP contribution in [0.15, 0.2) is 65.3 Å². The van der Waals surface area contributed by atoms with E-state index in [0.717, 1.165) is 44.9 Å². The van der Waals surface area contributed by atoms with Gasteiger partial charge in [-0.1, -0.05) is 29.8 Å². The standard InChI is InChI=1S/C27H32O5/c1-8-31-26(28)25-23(24(17(2)3)27(4,5)32-25)22(18-9-13-20(29-6)14-10-18)19-11-15-21(30-7)16-12-19/h9-16,25H,8H2,1-7H3. The van der Waals surface area contributed by atoms with E-state index >= 15 is 0 Å². The zero-order chi connectivity index (χ0) is 23.5. The van der Waals surface area contributed by atoms with E-state index in [-0.39, 0.29) is 12.6 Å². The van der Waals surface area contributed by atoms with Gasteiger partial charge in [0.2, 0.25) is 0 Å². The lowest BCUT2D eigenvalue weighted by atomic mass is 9.82. The minimum Gasteiger partial charge on any atom is -0.497 e. The van der Waals surface area contributed by atoms with Crippen LogP contribution < -0.4 is 9.47 Å². The van der Waals surface area contributed by atoms with Gasteiger partial charge in [0.05, 0.1) is 26.4 Å². The number of hydrogen-bond donors (Lipinski definition) is 0. The third kappa shape index (κ3) is 4.58. The second-order valence-corrected chi connectivity index (χ2v) is 8.38. The fourth-order valence-electron chi connectivity index (χ4n) is 4.37. The van der Waals surface area contributed by atoms with E-state index in [9.17, 15) is 4.79 Å². The van der Waals surface area contributed by atoms with Crippen LogP contribution in [0.2, 0.25) is 0 Å². The molecule has 32 heavy (non-hydrogen) atoms. The molecule has 5 nitrogen and oxygen atoms in total. The van der Waals surface area contributed by atoms with Crippen LogP contribution in [-0.2, 0) is 14.3 Å². The lowest BCUT2D eigenvalue weighted by Crippen LogP contribution is -2.28. The van der Waals surface area contributed by atoms with Crippen molar-refractivity contribution < 1.29 is 23.7 Å². The van der Waals surface area contributed by atoms with Gasteiger partial charge < -0.3 is 18.9 Å². The summed E-state index contributed by atoms with van der Waals surface area (Å²) < 4.78 is 22.4. The maximum atomic E-state index is 13.0. The second kappa shape index (κ2) is 9.61. The molecular formula is C27H32O5. The fourth-order valence-corrected chi connectivity index (χ4v) is 4.37. The summed E-state index contributed by atoms with van der Waals surface area (Å²) in [5, 5.41) is 0. The molecule has 1 atom stereocenters. The Labute approximate surface area is 190 Å². The maximum Gasteiger partial charge on any atom is 0.340 e. The first-order valence-corrected chi connectivity index (χ1v) is 10.8. The van der Waals surface area contributed by atoms with Gasteiger partial charge in [0.25, 0.3) is 0 Å². The summed E-state index contributed by atoms with van der Waals surface area (Å²) in [6.07, 6.45) is -0.825. The zero-order valence-corrected chi connectivity index (χ0v) is 19.9. The molecule has 1 saturated heterocycles. The number of carbonyl (C=O) groups excluding carboxylic acids is 1. The maximum absolute atomic E-state index is 13.0. The highest BCUT2D eigenvalue weighted by Gasteiger charge is 2.47. The van der Waals surface area contributed by atoms with Gasteiger partial charge in [0.15, 0.2) is 6.10 Å². The lowest BCUT2D eigenvalue weighted by molar-refractivity contribution is -0.156. The molecule has 0 N–H and O–H groups in total. The number of benzene rings is 2. The van der Waals surface area contributed by atoms with Crippen molar-refractivity contribution in [2.45, 2.75) is 46.3 Å². The van der Waals surface area contributed by atoms with Crippen LogP contribution in [0.1, 0.15) is 45.7 Å². The van der Waals surface area contributed by atoms with Crippen molar-refractivity contribution in [3.63, 3.8) is 0 Å². The summed E-state index contributed by atoms with van der Waals surface area (Å²) in [7, 11) is 3.28. The van der Waals surface area contributed by atoms with Crippen LogP contribution in [0, 0.1) is 0 Å². The van der Waals surface area contributed by atoms with Crippen molar-refractivity contribution in [1.29, 1.82) is 0 Å². The zero-order valence-electron chi connectivity index (χ0n) is 19.9. The highest BCUT2D eigenvalue weighted by Crippen LogP contribution is 2.47. The summed E-state index contributed by atoms with van der Waals surface area (Å²) in [6.45, 7) is 10.2. The van der Waals surface area contributed by atoms with Crippen molar-refractivity contribution in [2.75, 3.05) is 20.8 Å². The number of esters is 1. The number of methoxy groups -OCH3 is 2. The average Bonchev–Trinajstić information content (AvgIpc) is 3.06. The van der Waals surface area contributed by atoms with Gasteiger partial charge in [-0.2, -0.15) is 0 Å². The van der Waals surface area contributed by atoms with Crippen molar-refractivity contribution in [2.24, 2.45) is 0 Å². The predicted octanol–water partition coefficient (Wildman–Crippen LogP) is 5.58. The topological polar surface area (TPSA) is 54.0 Å². The SMILES string of the molecule is CCOC(=O)C1OC(C)(C)C(=C(C)C)C1=C(c1ccc(OC)cc1)c1ccc(OC)cc1. The Morgan fingerprint density at radius 3 is 1.75 bits per heavy atom. The van der Waals surface area contributed by atoms with Crippen LogP contribution >= 0.6 is 0 Å². The second-order valence-electron chi connectivity index (χ2n) is 8.38. The highest BCUT2D eigenvalue weighted by atomic mass is 16.6. The van der Waals surface area contributed by atoms with E-state index in [2.05, 4.69) is 0 Å². The van der Waals surface area contributed by atoms with Crippen LogP contribution in [-0.4, -0.2) is 38.5 Å². The first-order valence-electron chi connectivity index (χ1n) is 10.8. The van der Waals surface area contributed by atoms with Crippen molar-refractivity contribution >= 4 is 11.5 Å². The van der Waals surface area contributed by atoms with Crippen molar-refractivity contribution in [3.8, 4) is 11.5 Å². The number of rotatable bonds is 6. The molecule has 1 aliphatic rings. The van der Waals surface area contributed by atoms with Crippen molar-refractivity contribution in [1.82, 2.24) is 0 Å². The number of ether oxygens (including phenoxy) is 4. The molecule has 1 heterocycles. The Hall–Kier alpha value is -3.05. The summed E-state index contributed by atoms with van der Waals surface area (Å²) in [6, 6.07) is 15.7. The first-order chi connectivity index (χ1) is 15.2. The van der Waals surface area contributed by atoms with Crippen LogP contribution in [0.4, 0.5) is 0 Å². The third-order valence-corrected chi connectivity index (χ3v) is 5.57. The van der Waals surface area contributed by atoms with Crippen LogP contribution in [0.3, 0.4) is 0 Å². The van der Waals surface area contributed by atoms with Gasteiger partial charge in [0, 0.05) is 5.57 Å². The first kappa shape index (κ1) is 23.6. The molecule has 0 aliphatic carbocycles. The highest BCUT2D eigenvalue weighted by molar-refractivity contribution is 5.93. The molecule has 1 aliphatic heterocycles. The van der Waals surface area contributed by atoms with Crippen LogP contribution in [0.5, 0.6) is 11.5 Å². The normalized spacial score (nSPS) is 17.2. The van der Waals surface area contributed by atoms with Crippen LogP contribution in [0.25, 0.3) is 5.57 Å². The van der Waals surface area contributed by atoms with Gasteiger partial charge in [-0.15, -0.1) is 0 Å². The minimum absolute atomic E-state index is 0.289. The molecule has 170 valence electrons. The Kier molecular flexibility index (Phi) is 7.09. The molecule has 1 fully saturated rings. The molecule has 0 radical (unpaired) electrons. The minimum atomic E-state index is -0.825. The van der Waals surface area contributed by atoms with E-state index in [4.69, 9.17) is 18.9 Å². The predicted molar refractivity (Wildman–Crippen MR) is 126 cm³/mol. The smallest absolute Gasteiger partial charge is 0.340 e. The Balaban J connectivity index is 2.37. The summed E-state index contributed by atoms with van der Waals surface area (Å²) >= 11 is 0. The largest absolute Gasteiger partial charge is 0.497 e. The van der Waals surface area contributed by atoms with Crippen molar-refractivity contribution in [3.05, 3.63) is 76.4 Å². The van der Waals surface area contributed by atoms with Gasteiger partial charge in [-0.25, -0.2) is 4.79 Å². The van der Waals surface area contributed by atoms with Gasteiger partial charge in [-0.3, -0.25) is 0 Å². The molecule has 3 rings (SSSR count). The van der Waals surface area contributed by atoms with E-state index in [1.165, 1.54) is 0 Å². The van der Waals surface area contributed by atoms with Gasteiger partial charge in [0.1, 0.15) is 11.5 Å². The summed E-state index contributed by atoms with van der Waals surface area (Å²) in [5.74, 6) is 1.15. The number of carbonyl (C=O) groups is 1. The number of hydrogen-bond acceptors (Lipinski definition) is 5. The van der Waals surface area contributed by atoms with Gasteiger partial charge in [-0.05, 0) is 81.2 Å². The molecule has 0 aromatic heterocycles. The Morgan fingerprint density at radius 1 is 0.906 bits per heavy atom. The Bertz CT molecular complexity index is 973. The fraction of sp³-hybridized carbons (Fsp3) is 0.370. The molecule has 0 saturated carbocycles. The quantitative estimate of drug-likeness (QED) is 0.553. The van der Waals surface area contributed by atoms with E-state index in [0.29, 0.717) is 0 Å². The van der Waals surface area contributed by atoms with Gasteiger partial charge >= 0.3 is 5.97 Å². The van der Waals surface area contributed by atoms with E-state index in [1.54, 1.807) is 21.1 Å². The molecule has 0 amide bonds. The summed E-state index contributed by atoms with van der Waals surface area (Å²) in [5.41, 5.74) is 5.14. The molecule has 0 spiro atoms. The monoisotopic (exact) mass is 436 g/mol.